The van der Waals surface area contributed by atoms with Crippen molar-refractivity contribution in [1.29, 1.82) is 0 Å². The third-order valence-electron chi connectivity index (χ3n) is 1.85. The fourth-order valence-electron chi connectivity index (χ4n) is 1.07. The van der Waals surface area contributed by atoms with Crippen LogP contribution in [0.15, 0.2) is 22.0 Å². The van der Waals surface area contributed by atoms with Crippen LogP contribution >= 0.6 is 27.3 Å². The minimum Gasteiger partial charge on any atom is -0.382 e. The number of hydrogen-bond donors (Lipinski definition) is 1. The third-order valence-corrected chi connectivity index (χ3v) is 3.49. The van der Waals surface area contributed by atoms with E-state index in [1.807, 2.05) is 25.1 Å². The highest BCUT2D eigenvalue weighted by molar-refractivity contribution is 9.11. The molecule has 0 spiro atoms. The van der Waals surface area contributed by atoms with Gasteiger partial charge in [0.15, 0.2) is 0 Å². The Labute approximate surface area is 94.1 Å². The number of halogens is 1. The molecule has 0 fully saturated rings. The van der Waals surface area contributed by atoms with Crippen LogP contribution in [0.5, 0.6) is 0 Å². The second kappa shape index (κ2) is 3.67. The number of anilines is 1. The Morgan fingerprint density at radius 3 is 2.71 bits per heavy atom. The summed E-state index contributed by atoms with van der Waals surface area (Å²) in [5.74, 6) is 0.490. The molecule has 0 unspecified atom stereocenters. The molecule has 2 heterocycles. The second-order valence-corrected chi connectivity index (χ2v) is 5.36. The first-order valence-corrected chi connectivity index (χ1v) is 5.63. The molecule has 0 aliphatic rings. The molecule has 0 bridgehead atoms. The molecule has 3 nitrogen and oxygen atoms in total. The van der Waals surface area contributed by atoms with Crippen molar-refractivity contribution in [2.75, 3.05) is 5.73 Å². The SMILES string of the molecule is Cc1cc(-c2ccc(Br)s2)nnc1N. The lowest BCUT2D eigenvalue weighted by molar-refractivity contribution is 1.04. The summed E-state index contributed by atoms with van der Waals surface area (Å²) in [6, 6.07) is 5.95. The van der Waals surface area contributed by atoms with Gasteiger partial charge in [-0.3, -0.25) is 0 Å². The summed E-state index contributed by atoms with van der Waals surface area (Å²) in [6.07, 6.45) is 0. The summed E-state index contributed by atoms with van der Waals surface area (Å²) in [5.41, 5.74) is 7.42. The molecule has 2 rings (SSSR count). The molecule has 0 aromatic carbocycles. The van der Waals surface area contributed by atoms with E-state index in [0.29, 0.717) is 5.82 Å². The maximum Gasteiger partial charge on any atom is 0.149 e. The van der Waals surface area contributed by atoms with Crippen molar-refractivity contribution >= 4 is 33.1 Å². The first-order valence-electron chi connectivity index (χ1n) is 4.02. The van der Waals surface area contributed by atoms with E-state index in [1.165, 1.54) is 0 Å². The predicted molar refractivity (Wildman–Crippen MR) is 62.2 cm³/mol. The number of thiophene rings is 1. The van der Waals surface area contributed by atoms with Crippen LogP contribution in [-0.4, -0.2) is 10.2 Å². The Morgan fingerprint density at radius 2 is 2.14 bits per heavy atom. The van der Waals surface area contributed by atoms with E-state index >= 15 is 0 Å². The van der Waals surface area contributed by atoms with Crippen molar-refractivity contribution in [3.05, 3.63) is 27.5 Å². The van der Waals surface area contributed by atoms with E-state index in [2.05, 4.69) is 26.1 Å². The van der Waals surface area contributed by atoms with Crippen LogP contribution in [0.3, 0.4) is 0 Å². The highest BCUT2D eigenvalue weighted by atomic mass is 79.9. The van der Waals surface area contributed by atoms with Crippen molar-refractivity contribution in [3.8, 4) is 10.6 Å². The van der Waals surface area contributed by atoms with Gasteiger partial charge in [0.2, 0.25) is 0 Å². The molecule has 2 aromatic heterocycles. The van der Waals surface area contributed by atoms with E-state index in [0.717, 1.165) is 19.9 Å². The quantitative estimate of drug-likeness (QED) is 0.866. The van der Waals surface area contributed by atoms with Crippen molar-refractivity contribution < 1.29 is 0 Å². The normalized spacial score (nSPS) is 10.4. The van der Waals surface area contributed by atoms with Crippen molar-refractivity contribution in [3.63, 3.8) is 0 Å². The van der Waals surface area contributed by atoms with Gasteiger partial charge in [-0.15, -0.1) is 21.5 Å². The minimum absolute atomic E-state index is 0.490. The first-order chi connectivity index (χ1) is 6.66. The van der Waals surface area contributed by atoms with Crippen LogP contribution in [0.2, 0.25) is 0 Å². The molecule has 0 aliphatic carbocycles. The lowest BCUT2D eigenvalue weighted by atomic mass is 10.2. The molecule has 0 radical (unpaired) electrons. The maximum atomic E-state index is 5.59. The van der Waals surface area contributed by atoms with Gasteiger partial charge >= 0.3 is 0 Å². The zero-order valence-corrected chi connectivity index (χ0v) is 9.89. The van der Waals surface area contributed by atoms with Gasteiger partial charge in [0.1, 0.15) is 11.5 Å². The number of aryl methyl sites for hydroxylation is 1. The fourth-order valence-corrected chi connectivity index (χ4v) is 2.41. The summed E-state index contributed by atoms with van der Waals surface area (Å²) in [6.45, 7) is 1.93. The largest absolute Gasteiger partial charge is 0.382 e. The average Bonchev–Trinajstić information content (AvgIpc) is 2.57. The zero-order chi connectivity index (χ0) is 10.1. The van der Waals surface area contributed by atoms with Crippen molar-refractivity contribution in [2.45, 2.75) is 6.92 Å². The summed E-state index contributed by atoms with van der Waals surface area (Å²) in [4.78, 5) is 1.09. The van der Waals surface area contributed by atoms with Crippen LogP contribution in [0.4, 0.5) is 5.82 Å². The summed E-state index contributed by atoms with van der Waals surface area (Å²) in [7, 11) is 0. The highest BCUT2D eigenvalue weighted by Crippen LogP contribution is 2.30. The molecule has 0 amide bonds. The van der Waals surface area contributed by atoms with E-state index < -0.39 is 0 Å². The molecular formula is C9H8BrN3S. The van der Waals surface area contributed by atoms with Gasteiger partial charge in [0.25, 0.3) is 0 Å². The Bertz CT molecular complexity index is 467. The number of hydrogen-bond acceptors (Lipinski definition) is 4. The molecule has 2 N–H and O–H groups in total. The number of rotatable bonds is 1. The van der Waals surface area contributed by atoms with E-state index in [1.54, 1.807) is 11.3 Å². The van der Waals surface area contributed by atoms with Crippen LogP contribution in [0.1, 0.15) is 5.56 Å². The van der Waals surface area contributed by atoms with Crippen molar-refractivity contribution in [1.82, 2.24) is 10.2 Å². The second-order valence-electron chi connectivity index (χ2n) is 2.90. The summed E-state index contributed by atoms with van der Waals surface area (Å²) in [5, 5.41) is 7.92. The van der Waals surface area contributed by atoms with Gasteiger partial charge in [0, 0.05) is 0 Å². The summed E-state index contributed by atoms with van der Waals surface area (Å²) >= 11 is 5.04. The number of nitrogens with two attached hydrogens (primary N) is 1. The van der Waals surface area contributed by atoms with Crippen LogP contribution < -0.4 is 5.73 Å². The molecule has 5 heteroatoms. The molecule has 0 atom stereocenters. The third kappa shape index (κ3) is 1.78. The highest BCUT2D eigenvalue weighted by Gasteiger charge is 2.05. The lowest BCUT2D eigenvalue weighted by Gasteiger charge is -1.99. The Balaban J connectivity index is 2.47. The van der Waals surface area contributed by atoms with Gasteiger partial charge in [-0.25, -0.2) is 0 Å². The van der Waals surface area contributed by atoms with E-state index in [9.17, 15) is 0 Å². The Kier molecular flexibility index (Phi) is 2.52. The van der Waals surface area contributed by atoms with Crippen LogP contribution in [-0.2, 0) is 0 Å². The molecule has 72 valence electrons. The van der Waals surface area contributed by atoms with Crippen LogP contribution in [0, 0.1) is 6.92 Å². The van der Waals surface area contributed by atoms with Crippen LogP contribution in [0.25, 0.3) is 10.6 Å². The topological polar surface area (TPSA) is 51.8 Å². The number of nitrogens with zero attached hydrogens (tertiary/aromatic N) is 2. The molecule has 14 heavy (non-hydrogen) atoms. The van der Waals surface area contributed by atoms with E-state index in [-0.39, 0.29) is 0 Å². The lowest BCUT2D eigenvalue weighted by Crippen LogP contribution is -1.97. The van der Waals surface area contributed by atoms with Crippen molar-refractivity contribution in [2.24, 2.45) is 0 Å². The monoisotopic (exact) mass is 269 g/mol. The van der Waals surface area contributed by atoms with Gasteiger partial charge in [-0.1, -0.05) is 0 Å². The standard InChI is InChI=1S/C9H8BrN3S/c1-5-4-6(12-13-9(5)11)7-2-3-8(10)14-7/h2-4H,1H3,(H2,11,13). The van der Waals surface area contributed by atoms with Gasteiger partial charge < -0.3 is 5.73 Å². The number of aromatic nitrogens is 2. The van der Waals surface area contributed by atoms with Gasteiger partial charge in [0.05, 0.1) is 8.66 Å². The molecule has 2 aromatic rings. The minimum atomic E-state index is 0.490. The fraction of sp³-hybridized carbons (Fsp3) is 0.111. The van der Waals surface area contributed by atoms with E-state index in [4.69, 9.17) is 5.73 Å². The molecule has 0 aliphatic heterocycles. The first kappa shape index (κ1) is 9.61. The molecular weight excluding hydrogens is 262 g/mol. The summed E-state index contributed by atoms with van der Waals surface area (Å²) < 4.78 is 1.09. The molecule has 0 saturated heterocycles. The Hall–Kier alpha value is -0.940. The Morgan fingerprint density at radius 1 is 1.36 bits per heavy atom. The average molecular weight is 270 g/mol. The number of nitrogen functional groups attached to an aromatic ring is 1. The predicted octanol–water partition coefficient (Wildman–Crippen LogP) is 2.86. The smallest absolute Gasteiger partial charge is 0.149 e. The van der Waals surface area contributed by atoms with Gasteiger partial charge in [-0.2, -0.15) is 0 Å². The molecule has 0 saturated carbocycles. The zero-order valence-electron chi connectivity index (χ0n) is 7.49. The van der Waals surface area contributed by atoms with Gasteiger partial charge in [-0.05, 0) is 46.6 Å². The maximum absolute atomic E-state index is 5.59.